The number of nitrogens with zero attached hydrogens (tertiary/aromatic N) is 3. The van der Waals surface area contributed by atoms with E-state index in [0.717, 1.165) is 4.73 Å². The third-order valence-electron chi connectivity index (χ3n) is 3.19. The van der Waals surface area contributed by atoms with Crippen LogP contribution in [0.2, 0.25) is 0 Å². The molecule has 25 heavy (non-hydrogen) atoms. The zero-order chi connectivity index (χ0) is 17.8. The van der Waals surface area contributed by atoms with Crippen LogP contribution in [0.1, 0.15) is 20.9 Å². The van der Waals surface area contributed by atoms with Crippen LogP contribution < -0.4 is 15.7 Å². The zero-order valence-corrected chi connectivity index (χ0v) is 13.9. The van der Waals surface area contributed by atoms with Crippen LogP contribution in [0.3, 0.4) is 0 Å². The minimum Gasteiger partial charge on any atom is -0.406 e. The van der Waals surface area contributed by atoms with Crippen LogP contribution in [0, 0.1) is 12.7 Å². The minimum atomic E-state index is -0.608. The third-order valence-corrected chi connectivity index (χ3v) is 3.94. The van der Waals surface area contributed by atoms with E-state index in [2.05, 4.69) is 15.5 Å². The zero-order valence-electron chi connectivity index (χ0n) is 13.1. The highest BCUT2D eigenvalue weighted by molar-refractivity contribution is 7.15. The number of anilines is 1. The van der Waals surface area contributed by atoms with E-state index in [1.807, 2.05) is 0 Å². The number of pyridine rings is 1. The predicted molar refractivity (Wildman–Crippen MR) is 90.0 cm³/mol. The standard InChI is InChI=1S/C16H13FN4O3S/c1-10-19-20-16(25-10)18-14(22)13-3-2-8-21(15(13)23)24-9-11-4-6-12(17)7-5-11/h2-8H,9H2,1H3,(H,18,20,22). The summed E-state index contributed by atoms with van der Waals surface area (Å²) in [6.07, 6.45) is 1.40. The lowest BCUT2D eigenvalue weighted by Gasteiger charge is -2.09. The minimum absolute atomic E-state index is 0.0564. The summed E-state index contributed by atoms with van der Waals surface area (Å²) in [7, 11) is 0. The molecule has 0 atom stereocenters. The molecule has 1 N–H and O–H groups in total. The molecule has 0 bridgehead atoms. The number of hydrogen-bond donors (Lipinski definition) is 1. The number of aryl methyl sites for hydroxylation is 1. The Morgan fingerprint density at radius 3 is 2.72 bits per heavy atom. The van der Waals surface area contributed by atoms with Gasteiger partial charge in [-0.2, -0.15) is 4.73 Å². The average molecular weight is 360 g/mol. The van der Waals surface area contributed by atoms with Gasteiger partial charge in [0.05, 0.1) is 0 Å². The molecule has 2 aromatic heterocycles. The first-order chi connectivity index (χ1) is 12.0. The summed E-state index contributed by atoms with van der Waals surface area (Å²) in [5, 5.41) is 11.1. The van der Waals surface area contributed by atoms with Crippen molar-refractivity contribution in [3.8, 4) is 0 Å². The van der Waals surface area contributed by atoms with E-state index in [9.17, 15) is 14.0 Å². The van der Waals surface area contributed by atoms with E-state index in [0.29, 0.717) is 15.7 Å². The Morgan fingerprint density at radius 2 is 2.04 bits per heavy atom. The summed E-state index contributed by atoms with van der Waals surface area (Å²) in [6, 6.07) is 8.61. The first-order valence-corrected chi connectivity index (χ1v) is 8.05. The van der Waals surface area contributed by atoms with E-state index in [4.69, 9.17) is 4.84 Å². The van der Waals surface area contributed by atoms with Crippen LogP contribution in [0.4, 0.5) is 9.52 Å². The van der Waals surface area contributed by atoms with E-state index < -0.39 is 11.5 Å². The van der Waals surface area contributed by atoms with E-state index in [1.165, 1.54) is 41.8 Å². The number of rotatable bonds is 5. The van der Waals surface area contributed by atoms with E-state index in [1.54, 1.807) is 19.1 Å². The van der Waals surface area contributed by atoms with Gasteiger partial charge < -0.3 is 4.84 Å². The number of hydrogen-bond acceptors (Lipinski definition) is 6. The smallest absolute Gasteiger partial charge is 0.295 e. The topological polar surface area (TPSA) is 86.1 Å². The molecule has 1 aromatic carbocycles. The van der Waals surface area contributed by atoms with Crippen molar-refractivity contribution in [3.05, 3.63) is 74.9 Å². The highest BCUT2D eigenvalue weighted by atomic mass is 32.1. The number of benzene rings is 1. The highest BCUT2D eigenvalue weighted by Gasteiger charge is 2.14. The number of amides is 1. The first-order valence-electron chi connectivity index (χ1n) is 7.24. The molecule has 0 unspecified atom stereocenters. The third kappa shape index (κ3) is 4.07. The number of carbonyl (C=O) groups is 1. The molecule has 7 nitrogen and oxygen atoms in total. The largest absolute Gasteiger partial charge is 0.406 e. The normalized spacial score (nSPS) is 10.5. The molecule has 9 heteroatoms. The fourth-order valence-corrected chi connectivity index (χ4v) is 2.57. The van der Waals surface area contributed by atoms with Crippen molar-refractivity contribution in [3.63, 3.8) is 0 Å². The van der Waals surface area contributed by atoms with Gasteiger partial charge in [0, 0.05) is 6.20 Å². The van der Waals surface area contributed by atoms with E-state index in [-0.39, 0.29) is 18.0 Å². The van der Waals surface area contributed by atoms with Gasteiger partial charge in [-0.1, -0.05) is 23.5 Å². The fourth-order valence-electron chi connectivity index (χ4n) is 1.99. The second-order valence-corrected chi connectivity index (χ2v) is 6.21. The number of halogens is 1. The van der Waals surface area contributed by atoms with Gasteiger partial charge in [-0.05, 0) is 36.8 Å². The number of carbonyl (C=O) groups excluding carboxylic acids is 1. The van der Waals surface area contributed by atoms with Crippen molar-refractivity contribution in [2.45, 2.75) is 13.5 Å². The first kappa shape index (κ1) is 16.8. The van der Waals surface area contributed by atoms with Crippen LogP contribution in [0.25, 0.3) is 0 Å². The van der Waals surface area contributed by atoms with Crippen molar-refractivity contribution < 1.29 is 14.0 Å². The van der Waals surface area contributed by atoms with E-state index >= 15 is 0 Å². The fraction of sp³-hybridized carbons (Fsp3) is 0.125. The molecular formula is C16H13FN4O3S. The predicted octanol–water partition coefficient (Wildman–Crippen LogP) is 2.03. The van der Waals surface area contributed by atoms with Crippen LogP contribution >= 0.6 is 11.3 Å². The van der Waals surface area contributed by atoms with Gasteiger partial charge in [-0.25, -0.2) is 4.39 Å². The van der Waals surface area contributed by atoms with Crippen molar-refractivity contribution in [2.24, 2.45) is 0 Å². The van der Waals surface area contributed by atoms with Crippen LogP contribution in [0.5, 0.6) is 0 Å². The molecule has 0 aliphatic heterocycles. The quantitative estimate of drug-likeness (QED) is 0.752. The molecule has 128 valence electrons. The summed E-state index contributed by atoms with van der Waals surface area (Å²) in [5.74, 6) is -0.951. The van der Waals surface area contributed by atoms with Gasteiger partial charge in [0.15, 0.2) is 0 Å². The summed E-state index contributed by atoms with van der Waals surface area (Å²) < 4.78 is 13.8. The maximum absolute atomic E-state index is 12.9. The summed E-state index contributed by atoms with van der Waals surface area (Å²) in [4.78, 5) is 30.0. The molecule has 0 spiro atoms. The molecular weight excluding hydrogens is 347 g/mol. The molecule has 1 amide bonds. The summed E-state index contributed by atoms with van der Waals surface area (Å²) >= 11 is 1.20. The second-order valence-electron chi connectivity index (χ2n) is 5.03. The number of aromatic nitrogens is 3. The van der Waals surface area contributed by atoms with Gasteiger partial charge in [-0.3, -0.25) is 14.9 Å². The maximum atomic E-state index is 12.9. The Balaban J connectivity index is 1.74. The van der Waals surface area contributed by atoms with Gasteiger partial charge in [0.25, 0.3) is 11.5 Å². The van der Waals surface area contributed by atoms with Crippen molar-refractivity contribution >= 4 is 22.4 Å². The van der Waals surface area contributed by atoms with Gasteiger partial charge in [-0.15, -0.1) is 10.2 Å². The Kier molecular flexibility index (Phi) is 4.85. The van der Waals surface area contributed by atoms with Crippen LogP contribution in [-0.4, -0.2) is 20.8 Å². The highest BCUT2D eigenvalue weighted by Crippen LogP contribution is 2.14. The summed E-state index contributed by atoms with van der Waals surface area (Å²) in [6.45, 7) is 1.81. The molecule has 0 aliphatic rings. The SMILES string of the molecule is Cc1nnc(NC(=O)c2cccn(OCc3ccc(F)cc3)c2=O)s1. The van der Waals surface area contributed by atoms with Crippen molar-refractivity contribution in [2.75, 3.05) is 5.32 Å². The molecule has 0 saturated carbocycles. The van der Waals surface area contributed by atoms with Gasteiger partial charge in [0.2, 0.25) is 5.13 Å². The second kappa shape index (κ2) is 7.22. The molecule has 0 aliphatic carbocycles. The Labute approximate surface area is 145 Å². The molecule has 3 aromatic rings. The van der Waals surface area contributed by atoms with Crippen LogP contribution in [-0.2, 0) is 6.61 Å². The Bertz CT molecular complexity index is 953. The molecule has 0 fully saturated rings. The van der Waals surface area contributed by atoms with Crippen molar-refractivity contribution in [1.29, 1.82) is 0 Å². The molecule has 2 heterocycles. The summed E-state index contributed by atoms with van der Waals surface area (Å²) in [5.41, 5.74) is -0.00898. The molecule has 3 rings (SSSR count). The lowest BCUT2D eigenvalue weighted by Crippen LogP contribution is -2.32. The molecule has 0 saturated heterocycles. The number of nitrogens with one attached hydrogen (secondary N) is 1. The average Bonchev–Trinajstić information content (AvgIpc) is 3.00. The maximum Gasteiger partial charge on any atom is 0.295 e. The Hall–Kier alpha value is -3.07. The Morgan fingerprint density at radius 1 is 1.28 bits per heavy atom. The lowest BCUT2D eigenvalue weighted by molar-refractivity contribution is 0.0863. The van der Waals surface area contributed by atoms with Gasteiger partial charge >= 0.3 is 0 Å². The van der Waals surface area contributed by atoms with Gasteiger partial charge in [0.1, 0.15) is 23.0 Å². The van der Waals surface area contributed by atoms with Crippen molar-refractivity contribution in [1.82, 2.24) is 14.9 Å². The lowest BCUT2D eigenvalue weighted by atomic mass is 10.2. The van der Waals surface area contributed by atoms with Crippen LogP contribution in [0.15, 0.2) is 47.4 Å². The molecule has 0 radical (unpaired) electrons. The monoisotopic (exact) mass is 360 g/mol.